The third-order valence-electron chi connectivity index (χ3n) is 4.38. The van der Waals surface area contributed by atoms with E-state index in [1.165, 1.54) is 18.5 Å². The molecule has 1 saturated carbocycles. The fourth-order valence-electron chi connectivity index (χ4n) is 2.94. The molecule has 0 radical (unpaired) electrons. The third-order valence-corrected chi connectivity index (χ3v) is 4.38. The summed E-state index contributed by atoms with van der Waals surface area (Å²) in [7, 11) is 0. The molecule has 1 saturated heterocycles. The number of nitrogens with one attached hydrogen (secondary N) is 1. The molecular formula is C16H20N2O3. The molecule has 112 valence electrons. The van der Waals surface area contributed by atoms with Gasteiger partial charge in [-0.25, -0.2) is 0 Å². The summed E-state index contributed by atoms with van der Waals surface area (Å²) in [6.07, 6.45) is 2.91. The molecule has 1 aliphatic heterocycles. The van der Waals surface area contributed by atoms with E-state index in [1.54, 1.807) is 0 Å². The molecule has 1 heterocycles. The van der Waals surface area contributed by atoms with Gasteiger partial charge in [-0.2, -0.15) is 0 Å². The van der Waals surface area contributed by atoms with Crippen LogP contribution in [0.15, 0.2) is 18.2 Å². The van der Waals surface area contributed by atoms with Crippen molar-refractivity contribution < 1.29 is 14.7 Å². The van der Waals surface area contributed by atoms with Crippen LogP contribution in [-0.4, -0.2) is 30.1 Å². The lowest BCUT2D eigenvalue weighted by atomic mass is 10.1. The summed E-state index contributed by atoms with van der Waals surface area (Å²) < 4.78 is 0. The van der Waals surface area contributed by atoms with Crippen molar-refractivity contribution >= 4 is 23.3 Å². The van der Waals surface area contributed by atoms with Gasteiger partial charge in [0.2, 0.25) is 5.91 Å². The summed E-state index contributed by atoms with van der Waals surface area (Å²) in [5.41, 5.74) is 2.98. The first-order chi connectivity index (χ1) is 10.1. The van der Waals surface area contributed by atoms with Crippen molar-refractivity contribution in [2.75, 3.05) is 23.3 Å². The van der Waals surface area contributed by atoms with E-state index in [0.717, 1.165) is 24.3 Å². The van der Waals surface area contributed by atoms with Gasteiger partial charge in [0.25, 0.3) is 0 Å². The number of carboxylic acid groups (broad SMARTS) is 1. The first-order valence-electron chi connectivity index (χ1n) is 7.45. The smallest absolute Gasteiger partial charge is 0.307 e. The van der Waals surface area contributed by atoms with Gasteiger partial charge < -0.3 is 15.3 Å². The maximum atomic E-state index is 12.0. The molecule has 2 fully saturated rings. The van der Waals surface area contributed by atoms with Crippen LogP contribution < -0.4 is 10.2 Å². The molecule has 0 bridgehead atoms. The van der Waals surface area contributed by atoms with Gasteiger partial charge in [0.05, 0.1) is 11.8 Å². The van der Waals surface area contributed by atoms with Crippen LogP contribution in [-0.2, 0) is 9.59 Å². The minimum Gasteiger partial charge on any atom is -0.481 e. The van der Waals surface area contributed by atoms with Crippen molar-refractivity contribution in [3.63, 3.8) is 0 Å². The van der Waals surface area contributed by atoms with Gasteiger partial charge in [-0.05, 0) is 49.9 Å². The van der Waals surface area contributed by atoms with Crippen molar-refractivity contribution in [3.8, 4) is 0 Å². The van der Waals surface area contributed by atoms with Crippen LogP contribution >= 0.6 is 0 Å². The Bertz CT molecular complexity index is 579. The molecule has 3 rings (SSSR count). The number of benzene rings is 1. The lowest BCUT2D eigenvalue weighted by molar-refractivity contribution is -0.139. The van der Waals surface area contributed by atoms with E-state index in [4.69, 9.17) is 5.11 Å². The van der Waals surface area contributed by atoms with Crippen LogP contribution in [0.4, 0.5) is 11.4 Å². The standard InChI is InChI=1S/C16H20N2O3/c1-10-8-11(18-6-2-3-7-18)4-5-14(10)17-15(19)12-9-13(12)16(20)21/h4-5,8,12-13H,2-3,6-7,9H2,1H3,(H,17,19)(H,20,21). The lowest BCUT2D eigenvalue weighted by Crippen LogP contribution is -2.19. The predicted octanol–water partition coefficient (Wildman–Crippen LogP) is 2.25. The van der Waals surface area contributed by atoms with E-state index in [0.29, 0.717) is 6.42 Å². The number of carboxylic acids is 1. The molecule has 1 aliphatic carbocycles. The molecule has 0 spiro atoms. The summed E-state index contributed by atoms with van der Waals surface area (Å²) >= 11 is 0. The minimum atomic E-state index is -0.878. The number of aliphatic carboxylic acids is 1. The van der Waals surface area contributed by atoms with E-state index in [-0.39, 0.29) is 11.8 Å². The molecule has 1 aromatic rings. The molecule has 2 aliphatic rings. The number of carbonyl (C=O) groups excluding carboxylic acids is 1. The summed E-state index contributed by atoms with van der Waals surface area (Å²) in [4.78, 5) is 25.1. The van der Waals surface area contributed by atoms with Crippen molar-refractivity contribution in [1.29, 1.82) is 0 Å². The Labute approximate surface area is 123 Å². The zero-order valence-corrected chi connectivity index (χ0v) is 12.1. The zero-order valence-electron chi connectivity index (χ0n) is 12.1. The highest BCUT2D eigenvalue weighted by molar-refractivity contribution is 5.98. The van der Waals surface area contributed by atoms with Crippen molar-refractivity contribution in [3.05, 3.63) is 23.8 Å². The Kier molecular flexibility index (Phi) is 3.57. The summed E-state index contributed by atoms with van der Waals surface area (Å²) in [6.45, 7) is 4.15. The number of nitrogens with zero attached hydrogens (tertiary/aromatic N) is 1. The SMILES string of the molecule is Cc1cc(N2CCCC2)ccc1NC(=O)C1CC1C(=O)O. The fraction of sp³-hybridized carbons (Fsp3) is 0.500. The molecule has 0 aromatic heterocycles. The Morgan fingerprint density at radius 2 is 1.95 bits per heavy atom. The number of carbonyl (C=O) groups is 2. The monoisotopic (exact) mass is 288 g/mol. The number of rotatable bonds is 4. The van der Waals surface area contributed by atoms with E-state index in [2.05, 4.69) is 16.3 Å². The molecule has 2 unspecified atom stereocenters. The minimum absolute atomic E-state index is 0.181. The lowest BCUT2D eigenvalue weighted by Gasteiger charge is -2.19. The highest BCUT2D eigenvalue weighted by Crippen LogP contribution is 2.39. The highest BCUT2D eigenvalue weighted by Gasteiger charge is 2.48. The van der Waals surface area contributed by atoms with Crippen LogP contribution in [0, 0.1) is 18.8 Å². The molecular weight excluding hydrogens is 268 g/mol. The van der Waals surface area contributed by atoms with E-state index >= 15 is 0 Å². The maximum absolute atomic E-state index is 12.0. The Hall–Kier alpha value is -2.04. The second-order valence-corrected chi connectivity index (χ2v) is 5.97. The molecule has 2 atom stereocenters. The van der Waals surface area contributed by atoms with Gasteiger partial charge in [0.1, 0.15) is 0 Å². The topological polar surface area (TPSA) is 69.6 Å². The van der Waals surface area contributed by atoms with Gasteiger partial charge in [0, 0.05) is 24.5 Å². The molecule has 1 aromatic carbocycles. The van der Waals surface area contributed by atoms with Gasteiger partial charge in [0.15, 0.2) is 0 Å². The zero-order chi connectivity index (χ0) is 15.0. The largest absolute Gasteiger partial charge is 0.481 e. The predicted molar refractivity (Wildman–Crippen MR) is 80.5 cm³/mol. The van der Waals surface area contributed by atoms with Crippen LogP contribution in [0.1, 0.15) is 24.8 Å². The number of hydrogen-bond donors (Lipinski definition) is 2. The highest BCUT2D eigenvalue weighted by atomic mass is 16.4. The first-order valence-corrected chi connectivity index (χ1v) is 7.45. The van der Waals surface area contributed by atoms with Gasteiger partial charge in [-0.1, -0.05) is 0 Å². The summed E-state index contributed by atoms with van der Waals surface area (Å²) in [5, 5.41) is 11.7. The van der Waals surface area contributed by atoms with Gasteiger partial charge >= 0.3 is 5.97 Å². The molecule has 1 amide bonds. The van der Waals surface area contributed by atoms with E-state index in [9.17, 15) is 9.59 Å². The van der Waals surface area contributed by atoms with Gasteiger partial charge in [-0.15, -0.1) is 0 Å². The molecule has 2 N–H and O–H groups in total. The average molecular weight is 288 g/mol. The Balaban J connectivity index is 1.66. The summed E-state index contributed by atoms with van der Waals surface area (Å²) in [5.74, 6) is -1.94. The Morgan fingerprint density at radius 3 is 2.52 bits per heavy atom. The second kappa shape index (κ2) is 5.39. The maximum Gasteiger partial charge on any atom is 0.307 e. The molecule has 5 heteroatoms. The third kappa shape index (κ3) is 2.86. The number of hydrogen-bond acceptors (Lipinski definition) is 3. The van der Waals surface area contributed by atoms with Crippen LogP contribution in [0.3, 0.4) is 0 Å². The fourth-order valence-corrected chi connectivity index (χ4v) is 2.94. The average Bonchev–Trinajstić information content (AvgIpc) is 3.08. The molecule has 5 nitrogen and oxygen atoms in total. The number of aryl methyl sites for hydroxylation is 1. The van der Waals surface area contributed by atoms with E-state index < -0.39 is 11.9 Å². The van der Waals surface area contributed by atoms with Crippen LogP contribution in [0.25, 0.3) is 0 Å². The summed E-state index contributed by atoms with van der Waals surface area (Å²) in [6, 6.07) is 6.02. The number of anilines is 2. The van der Waals surface area contributed by atoms with Crippen molar-refractivity contribution in [1.82, 2.24) is 0 Å². The van der Waals surface area contributed by atoms with Crippen molar-refractivity contribution in [2.45, 2.75) is 26.2 Å². The number of amides is 1. The van der Waals surface area contributed by atoms with Crippen molar-refractivity contribution in [2.24, 2.45) is 11.8 Å². The van der Waals surface area contributed by atoms with E-state index in [1.807, 2.05) is 19.1 Å². The second-order valence-electron chi connectivity index (χ2n) is 5.97. The Morgan fingerprint density at radius 1 is 1.24 bits per heavy atom. The first kappa shape index (κ1) is 13.9. The van der Waals surface area contributed by atoms with Crippen LogP contribution in [0.2, 0.25) is 0 Å². The van der Waals surface area contributed by atoms with Gasteiger partial charge in [-0.3, -0.25) is 9.59 Å². The molecule has 21 heavy (non-hydrogen) atoms. The quantitative estimate of drug-likeness (QED) is 0.891. The normalized spacial score (nSPS) is 24.0. The van der Waals surface area contributed by atoms with Crippen LogP contribution in [0.5, 0.6) is 0 Å².